The molecular weight excluding hydrogens is 560 g/mol. The number of ether oxygens (including phenoxy) is 1. The quantitative estimate of drug-likeness (QED) is 0.254. The van der Waals surface area contributed by atoms with Gasteiger partial charge in [0.2, 0.25) is 0 Å². The molecule has 45 heavy (non-hydrogen) atoms. The lowest BCUT2D eigenvalue weighted by atomic mass is 10.0. The molecule has 3 aromatic heterocycles. The van der Waals surface area contributed by atoms with Crippen LogP contribution < -0.4 is 0 Å². The normalized spacial score (nSPS) is 13.0. The summed E-state index contributed by atoms with van der Waals surface area (Å²) in [5.41, 5.74) is 15.1. The molecule has 3 N–H and O–H groups in total. The summed E-state index contributed by atoms with van der Waals surface area (Å²) in [5.74, 6) is 0.176. The van der Waals surface area contributed by atoms with Crippen molar-refractivity contribution in [3.8, 4) is 0 Å². The smallest absolute Gasteiger partial charge is 0.305 e. The number of aromatic amines is 2. The standard InChI is InChI=1S/C28H32N4O.C4H8O2.3C2H6/c1-7-19-16(4)26-12-28-20(13-33)17(5)25(32-28)10-21-14(2)8-23(29-21)18(6)24-9-15(3)22(30-24)11-27(19)31-26;1-3-4(5)6-2;3*1-2/h9-12,14,31-33H,7-8,13H2,1-6H3;3H2,1-2H3;3*1-2H3. The Morgan fingerprint density at radius 3 is 1.91 bits per heavy atom. The van der Waals surface area contributed by atoms with Crippen LogP contribution in [0.25, 0.3) is 33.7 Å². The summed E-state index contributed by atoms with van der Waals surface area (Å²) < 4.78 is 4.26. The van der Waals surface area contributed by atoms with E-state index in [0.29, 0.717) is 12.3 Å². The number of hydrogen-bond donors (Lipinski definition) is 3. The molecule has 0 amide bonds. The average Bonchev–Trinajstić information content (AvgIpc) is 3.79. The summed E-state index contributed by atoms with van der Waals surface area (Å²) in [7, 11) is 1.38. The summed E-state index contributed by atoms with van der Waals surface area (Å²) >= 11 is 0. The van der Waals surface area contributed by atoms with Crippen molar-refractivity contribution in [2.45, 2.75) is 122 Å². The highest BCUT2D eigenvalue weighted by atomic mass is 16.5. The Hall–Kier alpha value is -3.71. The van der Waals surface area contributed by atoms with Crippen molar-refractivity contribution in [3.63, 3.8) is 0 Å². The maximum absolute atomic E-state index is 10.2. The van der Waals surface area contributed by atoms with Gasteiger partial charge in [-0.1, -0.05) is 62.3 Å². The Labute approximate surface area is 271 Å². The number of fused-ring (bicyclic) bond motifs is 8. The van der Waals surface area contributed by atoms with Gasteiger partial charge in [0.1, 0.15) is 0 Å². The number of methoxy groups -OCH3 is 1. The fourth-order valence-electron chi connectivity index (χ4n) is 5.26. The first-order valence-electron chi connectivity index (χ1n) is 16.7. The topological polar surface area (TPSA) is 104 Å². The first-order chi connectivity index (χ1) is 21.6. The molecule has 2 aliphatic rings. The third-order valence-electron chi connectivity index (χ3n) is 7.88. The van der Waals surface area contributed by atoms with E-state index in [1.165, 1.54) is 23.8 Å². The van der Waals surface area contributed by atoms with Crippen LogP contribution in [-0.4, -0.2) is 38.1 Å². The molecule has 1 unspecified atom stereocenters. The number of aryl methyl sites for hydroxylation is 3. The van der Waals surface area contributed by atoms with E-state index in [1.807, 2.05) is 41.5 Å². The van der Waals surface area contributed by atoms with Crippen LogP contribution in [0.2, 0.25) is 0 Å². The van der Waals surface area contributed by atoms with Gasteiger partial charge in [0.25, 0.3) is 0 Å². The second kappa shape index (κ2) is 18.9. The molecule has 0 aliphatic carbocycles. The zero-order chi connectivity index (χ0) is 34.4. The Morgan fingerprint density at radius 2 is 1.40 bits per heavy atom. The van der Waals surface area contributed by atoms with Crippen LogP contribution in [0, 0.1) is 20.8 Å². The van der Waals surface area contributed by atoms with Crippen molar-refractivity contribution >= 4 is 39.7 Å². The summed E-state index contributed by atoms with van der Waals surface area (Å²) in [6.45, 7) is 26.6. The van der Waals surface area contributed by atoms with Crippen LogP contribution >= 0.6 is 0 Å². The molecule has 0 spiro atoms. The van der Waals surface area contributed by atoms with Gasteiger partial charge in [0.05, 0.1) is 25.1 Å². The predicted molar refractivity (Wildman–Crippen MR) is 193 cm³/mol. The minimum Gasteiger partial charge on any atom is -0.469 e. The molecule has 7 nitrogen and oxygen atoms in total. The maximum Gasteiger partial charge on any atom is 0.305 e. The second-order valence-electron chi connectivity index (χ2n) is 10.4. The van der Waals surface area contributed by atoms with Gasteiger partial charge in [0, 0.05) is 51.4 Å². The van der Waals surface area contributed by atoms with E-state index in [2.05, 4.69) is 80.5 Å². The highest BCUT2D eigenvalue weighted by Crippen LogP contribution is 2.31. The van der Waals surface area contributed by atoms with E-state index in [0.717, 1.165) is 74.4 Å². The number of aliphatic hydroxyl groups excluding tert-OH is 1. The van der Waals surface area contributed by atoms with E-state index in [4.69, 9.17) is 9.97 Å². The second-order valence-corrected chi connectivity index (χ2v) is 10.4. The molecule has 0 saturated heterocycles. The van der Waals surface area contributed by atoms with Crippen LogP contribution in [-0.2, 0) is 29.0 Å². The van der Waals surface area contributed by atoms with Gasteiger partial charge in [-0.15, -0.1) is 0 Å². The fourth-order valence-corrected chi connectivity index (χ4v) is 5.26. The molecule has 8 bridgehead atoms. The number of allylic oxidation sites excluding steroid dienone is 1. The van der Waals surface area contributed by atoms with E-state index >= 15 is 0 Å². The number of carbonyl (C=O) groups is 1. The van der Waals surface area contributed by atoms with Gasteiger partial charge in [0.15, 0.2) is 0 Å². The number of rotatable bonds is 3. The zero-order valence-electron chi connectivity index (χ0n) is 30.4. The van der Waals surface area contributed by atoms with Gasteiger partial charge >= 0.3 is 5.97 Å². The Morgan fingerprint density at radius 1 is 0.844 bits per heavy atom. The number of aliphatic hydroxyl groups is 1. The van der Waals surface area contributed by atoms with Crippen LogP contribution in [0.3, 0.4) is 0 Å². The number of hydrogen-bond acceptors (Lipinski definition) is 5. The molecule has 0 aromatic carbocycles. The fraction of sp³-hybridized carbons (Fsp3) is 0.500. The molecule has 3 aromatic rings. The third-order valence-corrected chi connectivity index (χ3v) is 7.88. The van der Waals surface area contributed by atoms with Gasteiger partial charge in [-0.2, -0.15) is 0 Å². The summed E-state index contributed by atoms with van der Waals surface area (Å²) in [6, 6.07) is 6.44. The lowest BCUT2D eigenvalue weighted by molar-refractivity contribution is -0.140. The van der Waals surface area contributed by atoms with Crippen molar-refractivity contribution in [2.75, 3.05) is 7.11 Å². The van der Waals surface area contributed by atoms with E-state index in [9.17, 15) is 9.90 Å². The molecule has 0 fully saturated rings. The zero-order valence-corrected chi connectivity index (χ0v) is 30.4. The van der Waals surface area contributed by atoms with Gasteiger partial charge < -0.3 is 19.8 Å². The molecule has 5 rings (SSSR count). The Bertz CT molecular complexity index is 1600. The molecule has 2 aliphatic heterocycles. The minimum absolute atomic E-state index is 0.00716. The highest BCUT2D eigenvalue weighted by molar-refractivity contribution is 5.85. The lowest BCUT2D eigenvalue weighted by Gasteiger charge is -2.00. The van der Waals surface area contributed by atoms with Gasteiger partial charge in [-0.05, 0) is 92.6 Å². The van der Waals surface area contributed by atoms with Crippen molar-refractivity contribution in [1.29, 1.82) is 0 Å². The summed E-state index contributed by atoms with van der Waals surface area (Å²) in [6.07, 6.45) is 4.49. The van der Waals surface area contributed by atoms with Crippen molar-refractivity contribution < 1.29 is 14.6 Å². The monoisotopic (exact) mass is 618 g/mol. The molecule has 0 radical (unpaired) electrons. The SMILES string of the molecule is CC.CC.CC.CCC(=O)OC.CCc1c(C)c2cc3[nH]c(cc4nc(c(C)c5nc(cc1[nH]2)C(C)=C5)CC4C)c(C)c3CO. The van der Waals surface area contributed by atoms with Crippen molar-refractivity contribution in [2.24, 2.45) is 0 Å². The van der Waals surface area contributed by atoms with Crippen LogP contribution in [0.5, 0.6) is 0 Å². The number of nitrogens with one attached hydrogen (secondary N) is 2. The molecule has 1 atom stereocenters. The van der Waals surface area contributed by atoms with Crippen LogP contribution in [0.1, 0.15) is 132 Å². The number of esters is 1. The largest absolute Gasteiger partial charge is 0.469 e. The first kappa shape index (κ1) is 39.3. The molecule has 0 saturated carbocycles. The Kier molecular flexibility index (Phi) is 16.6. The van der Waals surface area contributed by atoms with Gasteiger partial charge in [-0.3, -0.25) is 9.78 Å². The van der Waals surface area contributed by atoms with Crippen molar-refractivity contribution in [3.05, 3.63) is 68.8 Å². The van der Waals surface area contributed by atoms with Crippen LogP contribution in [0.4, 0.5) is 0 Å². The number of nitrogens with zero attached hydrogens (tertiary/aromatic N) is 2. The van der Waals surface area contributed by atoms with E-state index in [-0.39, 0.29) is 12.6 Å². The molecule has 7 heteroatoms. The highest BCUT2D eigenvalue weighted by Gasteiger charge is 2.20. The number of H-pyrrole nitrogens is 2. The van der Waals surface area contributed by atoms with E-state index < -0.39 is 0 Å². The summed E-state index contributed by atoms with van der Waals surface area (Å²) in [5, 5.41) is 10.2. The predicted octanol–water partition coefficient (Wildman–Crippen LogP) is 9.85. The van der Waals surface area contributed by atoms with Crippen molar-refractivity contribution in [1.82, 2.24) is 19.9 Å². The number of aromatic nitrogens is 4. The van der Waals surface area contributed by atoms with Gasteiger partial charge in [-0.25, -0.2) is 4.98 Å². The average molecular weight is 619 g/mol. The van der Waals surface area contributed by atoms with E-state index in [1.54, 1.807) is 6.92 Å². The summed E-state index contributed by atoms with van der Waals surface area (Å²) in [4.78, 5) is 27.2. The third kappa shape index (κ3) is 9.16. The maximum atomic E-state index is 10.2. The van der Waals surface area contributed by atoms with Crippen LogP contribution in [0.15, 0.2) is 18.2 Å². The molecule has 5 heterocycles. The molecular formula is C38H58N4O3. The minimum atomic E-state index is -0.157. The molecule has 248 valence electrons. The first-order valence-corrected chi connectivity index (χ1v) is 16.7. The Balaban J connectivity index is 0.000000738. The lowest BCUT2D eigenvalue weighted by Crippen LogP contribution is -1.94. The number of carbonyl (C=O) groups excluding carboxylic acids is 1.